The highest BCUT2D eigenvalue weighted by molar-refractivity contribution is 6.08. The SMILES string of the molecule is Cc1cc(-c2ccc(-c3ccc(-c4ccc(-c5nc(-c6ccccc6)nc(-c6ccc(-c7ccccc7)cc6)n5)cc4)cc3)cc2)c2ccc3ccc(-c4ccccc4)nc3c2n1. The van der Waals surface area contributed by atoms with Gasteiger partial charge in [-0.15, -0.1) is 0 Å². The van der Waals surface area contributed by atoms with Crippen molar-refractivity contribution in [3.63, 3.8) is 0 Å². The minimum Gasteiger partial charge on any atom is -0.251 e. The summed E-state index contributed by atoms with van der Waals surface area (Å²) in [5.74, 6) is 1.91. The van der Waals surface area contributed by atoms with Crippen molar-refractivity contribution in [3.8, 4) is 89.9 Å². The summed E-state index contributed by atoms with van der Waals surface area (Å²) in [5, 5.41) is 2.17. The summed E-state index contributed by atoms with van der Waals surface area (Å²) in [6.07, 6.45) is 0. The fourth-order valence-electron chi connectivity index (χ4n) is 8.31. The maximum atomic E-state index is 5.12. The van der Waals surface area contributed by atoms with E-state index >= 15 is 0 Å². The Bertz CT molecular complexity index is 3390. The van der Waals surface area contributed by atoms with Crippen LogP contribution >= 0.6 is 0 Å². The van der Waals surface area contributed by atoms with Gasteiger partial charge >= 0.3 is 0 Å². The summed E-state index contributed by atoms with van der Waals surface area (Å²) >= 11 is 0. The van der Waals surface area contributed by atoms with Crippen molar-refractivity contribution in [1.29, 1.82) is 0 Å². The zero-order valence-corrected chi connectivity index (χ0v) is 34.5. The molecule has 11 aromatic rings. The largest absolute Gasteiger partial charge is 0.251 e. The van der Waals surface area contributed by atoms with E-state index in [0.717, 1.165) is 94.4 Å². The average Bonchev–Trinajstić information content (AvgIpc) is 3.37. The van der Waals surface area contributed by atoms with Gasteiger partial charge in [0, 0.05) is 38.7 Å². The van der Waals surface area contributed by atoms with Gasteiger partial charge in [0.15, 0.2) is 17.5 Å². The van der Waals surface area contributed by atoms with Gasteiger partial charge in [0.1, 0.15) is 0 Å². The Balaban J connectivity index is 0.852. The molecule has 5 nitrogen and oxygen atoms in total. The Morgan fingerprint density at radius 2 is 0.635 bits per heavy atom. The molecule has 0 amide bonds. The summed E-state index contributed by atoms with van der Waals surface area (Å²) in [5.41, 5.74) is 16.8. The molecule has 8 aromatic carbocycles. The molecule has 3 heterocycles. The van der Waals surface area contributed by atoms with Crippen LogP contribution in [0.4, 0.5) is 0 Å². The first-order chi connectivity index (χ1) is 31.1. The number of aromatic nitrogens is 5. The van der Waals surface area contributed by atoms with E-state index < -0.39 is 0 Å². The summed E-state index contributed by atoms with van der Waals surface area (Å²) < 4.78 is 0. The van der Waals surface area contributed by atoms with E-state index in [9.17, 15) is 0 Å². The number of rotatable bonds is 8. The van der Waals surface area contributed by atoms with Crippen molar-refractivity contribution in [3.05, 3.63) is 224 Å². The number of benzene rings is 8. The topological polar surface area (TPSA) is 64.5 Å². The smallest absolute Gasteiger partial charge is 0.164 e. The number of pyridine rings is 2. The van der Waals surface area contributed by atoms with Gasteiger partial charge < -0.3 is 0 Å². The van der Waals surface area contributed by atoms with Gasteiger partial charge in [-0.05, 0) is 63.6 Å². The first-order valence-corrected chi connectivity index (χ1v) is 21.2. The van der Waals surface area contributed by atoms with Crippen LogP contribution in [0.15, 0.2) is 218 Å². The lowest BCUT2D eigenvalue weighted by molar-refractivity contribution is 1.07. The zero-order chi connectivity index (χ0) is 42.1. The molecule has 0 bridgehead atoms. The fourth-order valence-corrected chi connectivity index (χ4v) is 8.31. The molecule has 0 atom stereocenters. The molecule has 296 valence electrons. The molecule has 5 heteroatoms. The number of aryl methyl sites for hydroxylation is 1. The maximum absolute atomic E-state index is 5.12. The first kappa shape index (κ1) is 37.6. The van der Waals surface area contributed by atoms with Crippen molar-refractivity contribution in [2.24, 2.45) is 0 Å². The Kier molecular flexibility index (Phi) is 9.68. The van der Waals surface area contributed by atoms with Crippen LogP contribution in [0.25, 0.3) is 112 Å². The van der Waals surface area contributed by atoms with Crippen LogP contribution < -0.4 is 0 Å². The lowest BCUT2D eigenvalue weighted by atomic mass is 9.95. The monoisotopic (exact) mass is 805 g/mol. The Labute approximate surface area is 366 Å². The highest BCUT2D eigenvalue weighted by Gasteiger charge is 2.15. The molecule has 0 fully saturated rings. The molecular weight excluding hydrogens is 767 g/mol. The summed E-state index contributed by atoms with van der Waals surface area (Å²) in [4.78, 5) is 25.0. The van der Waals surface area contributed by atoms with Crippen molar-refractivity contribution >= 4 is 21.8 Å². The van der Waals surface area contributed by atoms with Crippen LogP contribution in [0.3, 0.4) is 0 Å². The van der Waals surface area contributed by atoms with Gasteiger partial charge in [-0.1, -0.05) is 206 Å². The van der Waals surface area contributed by atoms with E-state index in [1.807, 2.05) is 54.6 Å². The fraction of sp³-hybridized carbons (Fsp3) is 0.0172. The summed E-state index contributed by atoms with van der Waals surface area (Å²) in [7, 11) is 0. The standard InChI is InChI=1S/C58H39N5/c1-38-37-52(51-35-33-47-34-36-53(46-13-7-3-8-14-46)60-54(47)55(51)59-38)45-27-21-43(22-28-45)41-17-19-42(20-18-41)44-25-31-50(32-26-44)58-62-56(48-15-9-4-10-16-48)61-57(63-58)49-29-23-40(24-30-49)39-11-5-2-6-12-39/h2-37H,1H3. The van der Waals surface area contributed by atoms with Crippen molar-refractivity contribution in [1.82, 2.24) is 24.9 Å². The Morgan fingerprint density at radius 3 is 1.11 bits per heavy atom. The van der Waals surface area contributed by atoms with Gasteiger partial charge in [0.05, 0.1) is 16.7 Å². The third-order valence-electron chi connectivity index (χ3n) is 11.6. The van der Waals surface area contributed by atoms with Gasteiger partial charge in [-0.3, -0.25) is 4.98 Å². The molecule has 0 unspecified atom stereocenters. The first-order valence-electron chi connectivity index (χ1n) is 21.2. The number of nitrogens with zero attached hydrogens (tertiary/aromatic N) is 5. The van der Waals surface area contributed by atoms with Crippen molar-refractivity contribution in [2.45, 2.75) is 6.92 Å². The molecule has 0 aliphatic carbocycles. The predicted octanol–water partition coefficient (Wildman–Crippen LogP) is 14.6. The lowest BCUT2D eigenvalue weighted by Gasteiger charge is -2.12. The van der Waals surface area contributed by atoms with Crippen LogP contribution in [0.2, 0.25) is 0 Å². The average molecular weight is 806 g/mol. The van der Waals surface area contributed by atoms with Gasteiger partial charge in [0.25, 0.3) is 0 Å². The second-order valence-corrected chi connectivity index (χ2v) is 15.8. The molecule has 0 saturated heterocycles. The quantitative estimate of drug-likeness (QED) is 0.143. The third-order valence-corrected chi connectivity index (χ3v) is 11.6. The Hall–Kier alpha value is -8.41. The Morgan fingerprint density at radius 1 is 0.270 bits per heavy atom. The maximum Gasteiger partial charge on any atom is 0.164 e. The van der Waals surface area contributed by atoms with E-state index in [4.69, 9.17) is 24.9 Å². The number of fused-ring (bicyclic) bond motifs is 3. The van der Waals surface area contributed by atoms with E-state index in [1.54, 1.807) is 0 Å². The zero-order valence-electron chi connectivity index (χ0n) is 34.5. The van der Waals surface area contributed by atoms with Crippen molar-refractivity contribution in [2.75, 3.05) is 0 Å². The molecule has 0 radical (unpaired) electrons. The number of hydrogen-bond acceptors (Lipinski definition) is 5. The highest BCUT2D eigenvalue weighted by Crippen LogP contribution is 2.35. The summed E-state index contributed by atoms with van der Waals surface area (Å²) in [6.45, 7) is 2.06. The molecule has 0 N–H and O–H groups in total. The van der Waals surface area contributed by atoms with Crippen LogP contribution in [0.5, 0.6) is 0 Å². The molecule has 3 aromatic heterocycles. The molecule has 11 rings (SSSR count). The van der Waals surface area contributed by atoms with E-state index in [1.165, 1.54) is 5.56 Å². The molecule has 0 spiro atoms. The third kappa shape index (κ3) is 7.53. The molecule has 0 saturated carbocycles. The van der Waals surface area contributed by atoms with E-state index in [-0.39, 0.29) is 0 Å². The molecular formula is C58H39N5. The van der Waals surface area contributed by atoms with Crippen LogP contribution in [-0.4, -0.2) is 24.9 Å². The number of hydrogen-bond donors (Lipinski definition) is 0. The second-order valence-electron chi connectivity index (χ2n) is 15.8. The normalized spacial score (nSPS) is 11.3. The predicted molar refractivity (Wildman–Crippen MR) is 259 cm³/mol. The van der Waals surface area contributed by atoms with Crippen molar-refractivity contribution < 1.29 is 0 Å². The van der Waals surface area contributed by atoms with Crippen LogP contribution in [0.1, 0.15) is 5.69 Å². The molecule has 0 aliphatic heterocycles. The van der Waals surface area contributed by atoms with Crippen LogP contribution in [-0.2, 0) is 0 Å². The molecule has 0 aliphatic rings. The van der Waals surface area contributed by atoms with E-state index in [0.29, 0.717) is 17.5 Å². The van der Waals surface area contributed by atoms with Gasteiger partial charge in [-0.25, -0.2) is 19.9 Å². The lowest BCUT2D eigenvalue weighted by Crippen LogP contribution is -2.00. The van der Waals surface area contributed by atoms with Crippen LogP contribution in [0, 0.1) is 6.92 Å². The minimum atomic E-state index is 0.633. The van der Waals surface area contributed by atoms with E-state index in [2.05, 4.69) is 171 Å². The molecule has 63 heavy (non-hydrogen) atoms. The van der Waals surface area contributed by atoms with Gasteiger partial charge in [0.2, 0.25) is 0 Å². The second kappa shape index (κ2) is 16.2. The van der Waals surface area contributed by atoms with Gasteiger partial charge in [-0.2, -0.15) is 0 Å². The minimum absolute atomic E-state index is 0.633. The summed E-state index contributed by atoms with van der Waals surface area (Å²) in [6, 6.07) is 76.0. The highest BCUT2D eigenvalue weighted by atomic mass is 15.0.